The van der Waals surface area contributed by atoms with Crippen LogP contribution in [-0.2, 0) is 6.42 Å². The topological polar surface area (TPSA) is 52.1 Å². The first kappa shape index (κ1) is 23.6. The lowest BCUT2D eigenvalue weighted by molar-refractivity contribution is 0.122. The molecular weight excluding hydrogens is 406 g/mol. The van der Waals surface area contributed by atoms with Crippen molar-refractivity contribution in [2.24, 2.45) is 4.99 Å². The summed E-state index contributed by atoms with van der Waals surface area (Å²) in [4.78, 5) is 11.2. The normalized spacial score (nSPS) is 17.0. The molecule has 1 fully saturated rings. The van der Waals surface area contributed by atoms with Gasteiger partial charge < -0.3 is 20.3 Å². The first-order valence-electron chi connectivity index (χ1n) is 11.3. The van der Waals surface area contributed by atoms with Crippen molar-refractivity contribution in [2.45, 2.75) is 39.3 Å². The minimum atomic E-state index is 0.172. The van der Waals surface area contributed by atoms with Crippen LogP contribution in [0.15, 0.2) is 46.8 Å². The van der Waals surface area contributed by atoms with Gasteiger partial charge >= 0.3 is 0 Å². The van der Waals surface area contributed by atoms with Crippen molar-refractivity contribution in [3.63, 3.8) is 0 Å². The highest BCUT2D eigenvalue weighted by molar-refractivity contribution is 7.09. The molecule has 6 nitrogen and oxygen atoms in total. The van der Waals surface area contributed by atoms with Crippen LogP contribution in [0.3, 0.4) is 0 Å². The van der Waals surface area contributed by atoms with Crippen molar-refractivity contribution in [3.8, 4) is 5.75 Å². The Labute approximate surface area is 191 Å². The molecule has 1 aliphatic heterocycles. The Kier molecular flexibility index (Phi) is 9.18. The maximum absolute atomic E-state index is 5.75. The Balaban J connectivity index is 1.59. The molecule has 3 rings (SSSR count). The van der Waals surface area contributed by atoms with E-state index in [1.807, 2.05) is 38.1 Å². The van der Waals surface area contributed by atoms with Gasteiger partial charge in [-0.05, 0) is 70.0 Å². The quantitative estimate of drug-likeness (QED) is 0.456. The van der Waals surface area contributed by atoms with Crippen LogP contribution >= 0.6 is 11.3 Å². The first-order valence-corrected chi connectivity index (χ1v) is 12.1. The Morgan fingerprint density at radius 2 is 1.84 bits per heavy atom. The summed E-state index contributed by atoms with van der Waals surface area (Å²) in [7, 11) is 2.19. The fourth-order valence-electron chi connectivity index (χ4n) is 3.53. The van der Waals surface area contributed by atoms with Crippen LogP contribution in [0.2, 0.25) is 0 Å². The fraction of sp³-hybridized carbons (Fsp3) is 0.542. The van der Waals surface area contributed by atoms with Crippen LogP contribution in [0, 0.1) is 0 Å². The van der Waals surface area contributed by atoms with E-state index in [4.69, 9.17) is 9.73 Å². The summed E-state index contributed by atoms with van der Waals surface area (Å²) in [5.74, 6) is 1.71. The Bertz CT molecular complexity index is 783. The number of benzene rings is 1. The van der Waals surface area contributed by atoms with E-state index in [-0.39, 0.29) is 6.10 Å². The van der Waals surface area contributed by atoms with Crippen molar-refractivity contribution < 1.29 is 4.74 Å². The van der Waals surface area contributed by atoms with E-state index >= 15 is 0 Å². The third kappa shape index (κ3) is 8.16. The summed E-state index contributed by atoms with van der Waals surface area (Å²) in [6.45, 7) is 12.4. The molecule has 1 atom stereocenters. The highest BCUT2D eigenvalue weighted by atomic mass is 32.1. The van der Waals surface area contributed by atoms with Gasteiger partial charge in [-0.2, -0.15) is 0 Å². The van der Waals surface area contributed by atoms with E-state index in [1.54, 1.807) is 11.3 Å². The molecule has 0 bridgehead atoms. The molecule has 31 heavy (non-hydrogen) atoms. The second-order valence-electron chi connectivity index (χ2n) is 8.45. The average Bonchev–Trinajstić information content (AvgIpc) is 3.26. The van der Waals surface area contributed by atoms with Gasteiger partial charge in [0, 0.05) is 49.3 Å². The van der Waals surface area contributed by atoms with Crippen LogP contribution in [0.4, 0.5) is 5.69 Å². The zero-order valence-electron chi connectivity index (χ0n) is 19.3. The summed E-state index contributed by atoms with van der Waals surface area (Å²) in [5, 5.41) is 9.10. The summed E-state index contributed by atoms with van der Waals surface area (Å²) in [6.07, 6.45) is 1.17. The molecule has 7 heteroatoms. The number of likely N-dealkylation sites (N-methyl/N-ethyl adjacent to an activating group) is 1. The first-order chi connectivity index (χ1) is 15.0. The number of nitrogens with zero attached hydrogens (tertiary/aromatic N) is 3. The van der Waals surface area contributed by atoms with Gasteiger partial charge in [-0.25, -0.2) is 0 Å². The van der Waals surface area contributed by atoms with Crippen molar-refractivity contribution in [1.29, 1.82) is 0 Å². The summed E-state index contributed by atoms with van der Waals surface area (Å²) < 4.78 is 5.75. The number of anilines is 1. The number of piperazine rings is 1. The molecule has 0 amide bonds. The zero-order chi connectivity index (χ0) is 22.1. The maximum Gasteiger partial charge on any atom is 0.195 e. The number of thiophene rings is 1. The molecule has 0 radical (unpaired) electrons. The number of nitrogens with one attached hydrogen (secondary N) is 2. The van der Waals surface area contributed by atoms with Crippen LogP contribution < -0.4 is 15.4 Å². The predicted molar refractivity (Wildman–Crippen MR) is 133 cm³/mol. The lowest BCUT2D eigenvalue weighted by atomic mass is 10.2. The Hall–Kier alpha value is -2.09. The number of aliphatic imine (C=N–C) groups is 1. The second kappa shape index (κ2) is 12.1. The molecule has 170 valence electrons. The van der Waals surface area contributed by atoms with Gasteiger partial charge in [0.15, 0.2) is 5.96 Å². The van der Waals surface area contributed by atoms with Crippen molar-refractivity contribution in [1.82, 2.24) is 15.1 Å². The van der Waals surface area contributed by atoms with E-state index < -0.39 is 0 Å². The van der Waals surface area contributed by atoms with Gasteiger partial charge in [-0.15, -0.1) is 11.3 Å². The van der Waals surface area contributed by atoms with Gasteiger partial charge in [-0.1, -0.05) is 6.07 Å². The zero-order valence-corrected chi connectivity index (χ0v) is 20.1. The van der Waals surface area contributed by atoms with Gasteiger partial charge in [0.2, 0.25) is 0 Å². The predicted octanol–water partition coefficient (Wildman–Crippen LogP) is 3.77. The van der Waals surface area contributed by atoms with E-state index in [0.717, 1.165) is 63.1 Å². The molecule has 2 aromatic rings. The van der Waals surface area contributed by atoms with Crippen molar-refractivity contribution in [2.75, 3.05) is 51.6 Å². The third-order valence-corrected chi connectivity index (χ3v) is 6.34. The van der Waals surface area contributed by atoms with Crippen molar-refractivity contribution >= 4 is 23.0 Å². The molecular formula is C24H37N5OS. The SMILES string of the molecule is CC(C)Oc1ccc(NC(=NCC(C)N2CCN(C)CC2)NCCc2cccs2)cc1. The molecule has 1 saturated heterocycles. The minimum Gasteiger partial charge on any atom is -0.491 e. The van der Waals surface area contributed by atoms with Crippen LogP contribution in [0.1, 0.15) is 25.6 Å². The van der Waals surface area contributed by atoms with Gasteiger partial charge in [0.1, 0.15) is 5.75 Å². The van der Waals surface area contributed by atoms with Crippen LogP contribution in [0.5, 0.6) is 5.75 Å². The largest absolute Gasteiger partial charge is 0.491 e. The lowest BCUT2D eigenvalue weighted by Gasteiger charge is -2.35. The Morgan fingerprint density at radius 1 is 1.10 bits per heavy atom. The highest BCUT2D eigenvalue weighted by Gasteiger charge is 2.18. The summed E-state index contributed by atoms with van der Waals surface area (Å²) in [6, 6.07) is 12.8. The molecule has 1 aromatic carbocycles. The molecule has 1 aromatic heterocycles. The number of hydrogen-bond donors (Lipinski definition) is 2. The van der Waals surface area contributed by atoms with Gasteiger partial charge in [0.05, 0.1) is 12.6 Å². The molecule has 0 saturated carbocycles. The number of rotatable bonds is 9. The number of guanidine groups is 1. The standard InChI is InChI=1S/C24H37N5OS/c1-19(2)30-22-9-7-21(8-10-22)27-24(25-12-11-23-6-5-17-31-23)26-18-20(3)29-15-13-28(4)14-16-29/h5-10,17,19-20H,11-16,18H2,1-4H3,(H2,25,26,27). The maximum atomic E-state index is 5.75. The van der Waals surface area contributed by atoms with Crippen LogP contribution in [0.25, 0.3) is 0 Å². The third-order valence-electron chi connectivity index (χ3n) is 5.41. The van der Waals surface area contributed by atoms with Gasteiger partial charge in [0.25, 0.3) is 0 Å². The van der Waals surface area contributed by atoms with E-state index in [9.17, 15) is 0 Å². The molecule has 2 N–H and O–H groups in total. The number of hydrogen-bond acceptors (Lipinski definition) is 5. The van der Waals surface area contributed by atoms with E-state index in [0.29, 0.717) is 6.04 Å². The Morgan fingerprint density at radius 3 is 2.48 bits per heavy atom. The molecule has 0 aliphatic carbocycles. The fourth-order valence-corrected chi connectivity index (χ4v) is 4.23. The molecule has 2 heterocycles. The average molecular weight is 444 g/mol. The highest BCUT2D eigenvalue weighted by Crippen LogP contribution is 2.17. The number of ether oxygens (including phenoxy) is 1. The summed E-state index contributed by atoms with van der Waals surface area (Å²) in [5.41, 5.74) is 1.01. The van der Waals surface area contributed by atoms with E-state index in [2.05, 4.69) is 51.9 Å². The minimum absolute atomic E-state index is 0.172. The van der Waals surface area contributed by atoms with Gasteiger partial charge in [-0.3, -0.25) is 9.89 Å². The molecule has 0 spiro atoms. The monoisotopic (exact) mass is 443 g/mol. The van der Waals surface area contributed by atoms with Crippen LogP contribution in [-0.4, -0.2) is 74.2 Å². The smallest absolute Gasteiger partial charge is 0.195 e. The van der Waals surface area contributed by atoms with E-state index in [1.165, 1.54) is 4.88 Å². The molecule has 1 unspecified atom stereocenters. The summed E-state index contributed by atoms with van der Waals surface area (Å²) >= 11 is 1.80. The lowest BCUT2D eigenvalue weighted by Crippen LogP contribution is -2.49. The van der Waals surface area contributed by atoms with Crippen molar-refractivity contribution in [3.05, 3.63) is 46.7 Å². The second-order valence-corrected chi connectivity index (χ2v) is 9.48. The molecule has 1 aliphatic rings.